The van der Waals surface area contributed by atoms with Crippen molar-refractivity contribution >= 4 is 5.96 Å². The first-order chi connectivity index (χ1) is 8.58. The average Bonchev–Trinajstić information content (AvgIpc) is 2.64. The second-order valence-electron chi connectivity index (χ2n) is 5.10. The average molecular weight is 247 g/mol. The Morgan fingerprint density at radius 1 is 1.44 bits per heavy atom. The van der Waals surface area contributed by atoms with Crippen LogP contribution in [0, 0.1) is 5.92 Å². The summed E-state index contributed by atoms with van der Waals surface area (Å²) in [7, 11) is 0. The first kappa shape index (κ1) is 12.7. The number of nitrogens with zero attached hydrogens (tertiary/aromatic N) is 1. The van der Waals surface area contributed by atoms with Gasteiger partial charge in [-0.2, -0.15) is 0 Å². The molecule has 1 aliphatic heterocycles. The van der Waals surface area contributed by atoms with Gasteiger partial charge in [-0.1, -0.05) is 32.0 Å². The van der Waals surface area contributed by atoms with Crippen LogP contribution in [-0.2, 0) is 0 Å². The van der Waals surface area contributed by atoms with Gasteiger partial charge in [-0.25, -0.2) is 0 Å². The molecule has 18 heavy (non-hydrogen) atoms. The zero-order valence-electron chi connectivity index (χ0n) is 11.2. The fourth-order valence-corrected chi connectivity index (χ4v) is 2.05. The molecule has 4 heteroatoms. The van der Waals surface area contributed by atoms with Gasteiger partial charge in [0, 0.05) is 12.1 Å². The summed E-state index contributed by atoms with van der Waals surface area (Å²) in [5.41, 5.74) is 7.05. The quantitative estimate of drug-likeness (QED) is 0.635. The van der Waals surface area contributed by atoms with Crippen molar-refractivity contribution in [3.05, 3.63) is 29.8 Å². The minimum Gasteiger partial charge on any atom is -0.488 e. The first-order valence-corrected chi connectivity index (χ1v) is 6.40. The van der Waals surface area contributed by atoms with Crippen LogP contribution in [0.3, 0.4) is 0 Å². The van der Waals surface area contributed by atoms with Crippen LogP contribution in [0.2, 0.25) is 0 Å². The highest BCUT2D eigenvalue weighted by Crippen LogP contribution is 2.35. The maximum absolute atomic E-state index is 5.90. The molecule has 2 rings (SSSR count). The normalized spacial score (nSPS) is 22.8. The minimum absolute atomic E-state index is 0.0650. The molecule has 2 atom stereocenters. The summed E-state index contributed by atoms with van der Waals surface area (Å²) >= 11 is 0. The third-order valence-corrected chi connectivity index (χ3v) is 2.97. The number of hydrogen-bond donors (Lipinski definition) is 2. The summed E-state index contributed by atoms with van der Waals surface area (Å²) in [6, 6.07) is 8.11. The molecule has 2 unspecified atom stereocenters. The molecule has 0 aliphatic carbocycles. The van der Waals surface area contributed by atoms with E-state index in [9.17, 15) is 0 Å². The van der Waals surface area contributed by atoms with Crippen LogP contribution in [0.4, 0.5) is 0 Å². The lowest BCUT2D eigenvalue weighted by atomic mass is 10.1. The Bertz CT molecular complexity index is 442. The van der Waals surface area contributed by atoms with Crippen LogP contribution in [0.25, 0.3) is 0 Å². The van der Waals surface area contributed by atoms with Crippen LogP contribution in [0.15, 0.2) is 29.3 Å². The van der Waals surface area contributed by atoms with Crippen molar-refractivity contribution in [1.29, 1.82) is 0 Å². The van der Waals surface area contributed by atoms with E-state index in [-0.39, 0.29) is 12.1 Å². The van der Waals surface area contributed by atoms with Crippen LogP contribution in [0.1, 0.15) is 32.4 Å². The highest BCUT2D eigenvalue weighted by molar-refractivity contribution is 5.78. The summed E-state index contributed by atoms with van der Waals surface area (Å²) in [5.74, 6) is 1.93. The van der Waals surface area contributed by atoms with Crippen molar-refractivity contribution in [2.75, 3.05) is 6.54 Å². The van der Waals surface area contributed by atoms with E-state index in [1.165, 1.54) is 0 Å². The van der Waals surface area contributed by atoms with Crippen molar-refractivity contribution in [1.82, 2.24) is 5.32 Å². The highest BCUT2D eigenvalue weighted by Gasteiger charge is 2.30. The number of benzene rings is 1. The number of nitrogens with two attached hydrogens (primary N) is 1. The maximum Gasteiger partial charge on any atom is 0.189 e. The minimum atomic E-state index is 0.0650. The Balaban J connectivity index is 2.08. The van der Waals surface area contributed by atoms with Crippen molar-refractivity contribution in [3.8, 4) is 5.75 Å². The summed E-state index contributed by atoms with van der Waals surface area (Å²) in [5, 5.41) is 3.24. The molecule has 0 bridgehead atoms. The Labute approximate surface area is 108 Å². The summed E-state index contributed by atoms with van der Waals surface area (Å²) < 4.78 is 5.77. The molecule has 0 saturated carbocycles. The van der Waals surface area contributed by atoms with Gasteiger partial charge in [0.1, 0.15) is 11.9 Å². The Hall–Kier alpha value is -1.71. The zero-order valence-corrected chi connectivity index (χ0v) is 11.2. The SMILES string of the molecule is CC(C)CN=C(N)NC1c2ccccc2OC1C. The lowest BCUT2D eigenvalue weighted by molar-refractivity contribution is 0.219. The lowest BCUT2D eigenvalue weighted by Gasteiger charge is -2.17. The van der Waals surface area contributed by atoms with E-state index in [2.05, 4.69) is 30.2 Å². The van der Waals surface area contributed by atoms with Crippen LogP contribution in [-0.4, -0.2) is 18.6 Å². The molecule has 1 aromatic carbocycles. The van der Waals surface area contributed by atoms with Gasteiger partial charge < -0.3 is 15.8 Å². The maximum atomic E-state index is 5.90. The van der Waals surface area contributed by atoms with E-state index in [0.717, 1.165) is 17.9 Å². The molecule has 1 aliphatic rings. The van der Waals surface area contributed by atoms with E-state index in [4.69, 9.17) is 10.5 Å². The van der Waals surface area contributed by atoms with Gasteiger partial charge in [0.05, 0.1) is 6.04 Å². The molecule has 0 amide bonds. The molecule has 1 heterocycles. The predicted molar refractivity (Wildman–Crippen MR) is 73.7 cm³/mol. The number of guanidine groups is 1. The molecule has 0 fully saturated rings. The third kappa shape index (κ3) is 2.75. The van der Waals surface area contributed by atoms with E-state index in [1.54, 1.807) is 0 Å². The standard InChI is InChI=1S/C14H21N3O/c1-9(2)8-16-14(15)17-13-10(3)18-12-7-5-4-6-11(12)13/h4-7,9-10,13H,8H2,1-3H3,(H3,15,16,17). The molecular weight excluding hydrogens is 226 g/mol. The summed E-state index contributed by atoms with van der Waals surface area (Å²) in [6.07, 6.45) is 0.0650. The van der Waals surface area contributed by atoms with Gasteiger partial charge >= 0.3 is 0 Å². The van der Waals surface area contributed by atoms with Crippen LogP contribution < -0.4 is 15.8 Å². The smallest absolute Gasteiger partial charge is 0.189 e. The van der Waals surface area contributed by atoms with E-state index in [1.807, 2.05) is 25.1 Å². The van der Waals surface area contributed by atoms with Gasteiger partial charge in [-0.05, 0) is 18.9 Å². The van der Waals surface area contributed by atoms with Gasteiger partial charge in [-0.15, -0.1) is 0 Å². The third-order valence-electron chi connectivity index (χ3n) is 2.97. The van der Waals surface area contributed by atoms with Crippen molar-refractivity contribution < 1.29 is 4.74 Å². The molecular formula is C14H21N3O. The molecule has 98 valence electrons. The molecule has 0 spiro atoms. The number of ether oxygens (including phenoxy) is 1. The fourth-order valence-electron chi connectivity index (χ4n) is 2.05. The number of hydrogen-bond acceptors (Lipinski definition) is 2. The van der Waals surface area contributed by atoms with E-state index >= 15 is 0 Å². The Kier molecular flexibility index (Phi) is 3.75. The molecule has 3 N–H and O–H groups in total. The Morgan fingerprint density at radius 2 is 2.17 bits per heavy atom. The topological polar surface area (TPSA) is 59.6 Å². The number of para-hydroxylation sites is 1. The highest BCUT2D eigenvalue weighted by atomic mass is 16.5. The van der Waals surface area contributed by atoms with E-state index < -0.39 is 0 Å². The Morgan fingerprint density at radius 3 is 2.89 bits per heavy atom. The van der Waals surface area contributed by atoms with Crippen molar-refractivity contribution in [2.24, 2.45) is 16.6 Å². The van der Waals surface area contributed by atoms with E-state index in [0.29, 0.717) is 11.9 Å². The van der Waals surface area contributed by atoms with Gasteiger partial charge in [-0.3, -0.25) is 4.99 Å². The molecule has 0 saturated heterocycles. The first-order valence-electron chi connectivity index (χ1n) is 6.40. The largest absolute Gasteiger partial charge is 0.488 e. The fraction of sp³-hybridized carbons (Fsp3) is 0.500. The summed E-state index contributed by atoms with van der Waals surface area (Å²) in [4.78, 5) is 4.32. The molecule has 0 aromatic heterocycles. The summed E-state index contributed by atoms with van der Waals surface area (Å²) in [6.45, 7) is 7.01. The van der Waals surface area contributed by atoms with Crippen LogP contribution >= 0.6 is 0 Å². The van der Waals surface area contributed by atoms with Gasteiger partial charge in [0.2, 0.25) is 0 Å². The number of fused-ring (bicyclic) bond motifs is 1. The molecule has 4 nitrogen and oxygen atoms in total. The number of nitrogens with one attached hydrogen (secondary N) is 1. The molecule has 1 aromatic rings. The van der Waals surface area contributed by atoms with Crippen LogP contribution in [0.5, 0.6) is 5.75 Å². The second-order valence-corrected chi connectivity index (χ2v) is 5.10. The number of aliphatic imine (C=N–C) groups is 1. The van der Waals surface area contributed by atoms with Crippen molar-refractivity contribution in [3.63, 3.8) is 0 Å². The lowest BCUT2D eigenvalue weighted by Crippen LogP contribution is -2.39. The number of rotatable bonds is 3. The zero-order chi connectivity index (χ0) is 13.1. The predicted octanol–water partition coefficient (Wildman–Crippen LogP) is 2.07. The molecule has 0 radical (unpaired) electrons. The monoisotopic (exact) mass is 247 g/mol. The second kappa shape index (κ2) is 5.29. The van der Waals surface area contributed by atoms with Crippen molar-refractivity contribution in [2.45, 2.75) is 32.9 Å². The van der Waals surface area contributed by atoms with Gasteiger partial charge in [0.25, 0.3) is 0 Å². The van der Waals surface area contributed by atoms with Gasteiger partial charge in [0.15, 0.2) is 5.96 Å².